The Morgan fingerprint density at radius 2 is 1.04 bits per heavy atom. The average Bonchev–Trinajstić information content (AvgIpc) is 2.40. The standard InChI is InChI=1S/C9H2F14O5/c10-4(11,6(14,15)16)8(20,21)25-1-3(26-2(24)27-3)28-9(22,23)5(12,13)7(17,18)19/h1H2. The summed E-state index contributed by atoms with van der Waals surface area (Å²) in [4.78, 5) is 10.4. The maximum absolute atomic E-state index is 13.0. The van der Waals surface area contributed by atoms with E-state index in [0.29, 0.717) is 0 Å². The van der Waals surface area contributed by atoms with Gasteiger partial charge in [-0.15, -0.1) is 0 Å². The van der Waals surface area contributed by atoms with Crippen LogP contribution >= 0.6 is 0 Å². The molecule has 0 saturated carbocycles. The Labute approximate surface area is 142 Å². The summed E-state index contributed by atoms with van der Waals surface area (Å²) in [5, 5.41) is 0. The van der Waals surface area contributed by atoms with Crippen LogP contribution in [-0.4, -0.2) is 55.2 Å². The van der Waals surface area contributed by atoms with E-state index in [1.807, 2.05) is 0 Å². The first-order valence-corrected chi connectivity index (χ1v) is 5.92. The van der Waals surface area contributed by atoms with Gasteiger partial charge < -0.3 is 14.2 Å². The van der Waals surface area contributed by atoms with Gasteiger partial charge in [0.2, 0.25) is 0 Å². The third kappa shape index (κ3) is 3.98. The third-order valence-corrected chi connectivity index (χ3v) is 2.63. The zero-order valence-corrected chi connectivity index (χ0v) is 12.0. The Kier molecular flexibility index (Phi) is 5.51. The van der Waals surface area contributed by atoms with Crippen molar-refractivity contribution in [3.8, 4) is 0 Å². The van der Waals surface area contributed by atoms with Crippen LogP contribution in [0.2, 0.25) is 0 Å². The Balaban J connectivity index is 3.07. The SMILES string of the molecule is O=C1OC(COC(F)(F)C(F)(F)C(F)(F)F)(OC(F)(F)C(F)(F)C(F)(F)F)O1. The van der Waals surface area contributed by atoms with Gasteiger partial charge in [-0.05, 0) is 0 Å². The fourth-order valence-corrected chi connectivity index (χ4v) is 1.25. The van der Waals surface area contributed by atoms with Gasteiger partial charge in [-0.2, -0.15) is 61.5 Å². The molecule has 0 aromatic carbocycles. The zero-order valence-electron chi connectivity index (χ0n) is 12.0. The van der Waals surface area contributed by atoms with E-state index in [9.17, 15) is 66.3 Å². The monoisotopic (exact) mass is 456 g/mol. The molecule has 0 bridgehead atoms. The lowest BCUT2D eigenvalue weighted by molar-refractivity contribution is -0.535. The smallest absolute Gasteiger partial charge is 0.363 e. The summed E-state index contributed by atoms with van der Waals surface area (Å²) in [5.74, 6) is -18.5. The minimum absolute atomic E-state index is 2.25. The van der Waals surface area contributed by atoms with Gasteiger partial charge in [-0.1, -0.05) is 0 Å². The number of carbonyl (C=O) groups excluding carboxylic acids is 1. The van der Waals surface area contributed by atoms with Crippen molar-refractivity contribution >= 4 is 6.16 Å². The lowest BCUT2D eigenvalue weighted by Crippen LogP contribution is -2.65. The molecule has 0 radical (unpaired) electrons. The van der Waals surface area contributed by atoms with E-state index < -0.39 is 55.2 Å². The number of alkyl halides is 14. The Bertz CT molecular complexity index is 599. The maximum Gasteiger partial charge on any atom is 0.518 e. The molecule has 0 aromatic rings. The van der Waals surface area contributed by atoms with E-state index in [1.165, 1.54) is 0 Å². The van der Waals surface area contributed by atoms with Gasteiger partial charge in [0.05, 0.1) is 0 Å². The van der Waals surface area contributed by atoms with Crippen molar-refractivity contribution in [3.63, 3.8) is 0 Å². The first kappa shape index (κ1) is 24.2. The van der Waals surface area contributed by atoms with Gasteiger partial charge in [0, 0.05) is 0 Å². The molecular formula is C9H2F14O5. The molecule has 0 N–H and O–H groups in total. The molecule has 5 nitrogen and oxygen atoms in total. The van der Waals surface area contributed by atoms with Crippen LogP contribution in [0.4, 0.5) is 66.3 Å². The number of rotatable bonds is 7. The topological polar surface area (TPSA) is 54.0 Å². The summed E-state index contributed by atoms with van der Waals surface area (Å²) in [5.41, 5.74) is 0. The molecule has 1 rings (SSSR count). The van der Waals surface area contributed by atoms with E-state index in [2.05, 4.69) is 18.9 Å². The largest absolute Gasteiger partial charge is 0.518 e. The molecule has 1 aliphatic heterocycles. The van der Waals surface area contributed by atoms with Crippen molar-refractivity contribution in [2.75, 3.05) is 6.61 Å². The molecule has 166 valence electrons. The molecule has 0 aliphatic carbocycles. The molecule has 0 aromatic heterocycles. The highest BCUT2D eigenvalue weighted by Crippen LogP contribution is 2.51. The van der Waals surface area contributed by atoms with E-state index in [1.54, 1.807) is 0 Å². The summed E-state index contributed by atoms with van der Waals surface area (Å²) in [7, 11) is 0. The second kappa shape index (κ2) is 6.36. The van der Waals surface area contributed by atoms with Gasteiger partial charge in [-0.3, -0.25) is 0 Å². The molecule has 1 heterocycles. The normalized spacial score (nSPS) is 19.0. The van der Waals surface area contributed by atoms with Crippen molar-refractivity contribution in [2.45, 2.75) is 42.4 Å². The number of hydrogen-bond acceptors (Lipinski definition) is 5. The van der Waals surface area contributed by atoms with Gasteiger partial charge in [-0.25, -0.2) is 9.53 Å². The van der Waals surface area contributed by atoms with E-state index in [0.717, 1.165) is 0 Å². The fourth-order valence-electron chi connectivity index (χ4n) is 1.25. The number of cyclic esters (lactones) is 2. The lowest BCUT2D eigenvalue weighted by atomic mass is 10.3. The molecule has 0 spiro atoms. The molecule has 28 heavy (non-hydrogen) atoms. The minimum atomic E-state index is -7.09. The molecular weight excluding hydrogens is 454 g/mol. The van der Waals surface area contributed by atoms with Crippen LogP contribution in [0.1, 0.15) is 0 Å². The average molecular weight is 456 g/mol. The predicted molar refractivity (Wildman–Crippen MR) is 49.2 cm³/mol. The Morgan fingerprint density at radius 1 is 0.679 bits per heavy atom. The van der Waals surface area contributed by atoms with E-state index in [-0.39, 0.29) is 0 Å². The van der Waals surface area contributed by atoms with Crippen molar-refractivity contribution < 1.29 is 85.2 Å². The molecule has 0 amide bonds. The summed E-state index contributed by atoms with van der Waals surface area (Å²) < 4.78 is 186. The maximum atomic E-state index is 13.0. The molecule has 19 heteroatoms. The fraction of sp³-hybridized carbons (Fsp3) is 0.889. The van der Waals surface area contributed by atoms with Crippen LogP contribution in [0.5, 0.6) is 0 Å². The molecule has 1 aliphatic rings. The molecule has 0 atom stereocenters. The molecule has 1 fully saturated rings. The lowest BCUT2D eigenvalue weighted by Gasteiger charge is -2.41. The van der Waals surface area contributed by atoms with Crippen molar-refractivity contribution in [3.05, 3.63) is 0 Å². The van der Waals surface area contributed by atoms with Crippen LogP contribution in [0, 0.1) is 0 Å². The summed E-state index contributed by atoms with van der Waals surface area (Å²) >= 11 is 0. The van der Waals surface area contributed by atoms with Crippen LogP contribution < -0.4 is 0 Å². The van der Waals surface area contributed by atoms with Crippen LogP contribution in [0.3, 0.4) is 0 Å². The summed E-state index contributed by atoms with van der Waals surface area (Å²) in [6, 6.07) is 0. The number of ether oxygens (including phenoxy) is 4. The number of carbonyl (C=O) groups is 1. The molecule has 1 saturated heterocycles. The Hall–Kier alpha value is -1.79. The molecule has 0 unspecified atom stereocenters. The van der Waals surface area contributed by atoms with Crippen LogP contribution in [-0.2, 0) is 18.9 Å². The van der Waals surface area contributed by atoms with Gasteiger partial charge in [0.1, 0.15) is 0 Å². The van der Waals surface area contributed by atoms with Gasteiger partial charge >= 0.3 is 48.5 Å². The van der Waals surface area contributed by atoms with Crippen LogP contribution in [0.25, 0.3) is 0 Å². The zero-order chi connectivity index (χ0) is 22.6. The van der Waals surface area contributed by atoms with Gasteiger partial charge in [0.15, 0.2) is 6.61 Å². The number of halogens is 14. The number of hydrogen-bond donors (Lipinski definition) is 0. The second-order valence-corrected chi connectivity index (χ2v) is 4.71. The van der Waals surface area contributed by atoms with Crippen molar-refractivity contribution in [1.29, 1.82) is 0 Å². The van der Waals surface area contributed by atoms with Crippen molar-refractivity contribution in [1.82, 2.24) is 0 Å². The second-order valence-electron chi connectivity index (χ2n) is 4.71. The van der Waals surface area contributed by atoms with E-state index in [4.69, 9.17) is 0 Å². The summed E-state index contributed by atoms with van der Waals surface area (Å²) in [6.45, 7) is -2.90. The van der Waals surface area contributed by atoms with E-state index >= 15 is 0 Å². The quantitative estimate of drug-likeness (QED) is 0.420. The van der Waals surface area contributed by atoms with Crippen LogP contribution in [0.15, 0.2) is 0 Å². The third-order valence-electron chi connectivity index (χ3n) is 2.63. The first-order chi connectivity index (χ1) is 12.0. The predicted octanol–water partition coefficient (Wildman–Crippen LogP) is 4.42. The summed E-state index contributed by atoms with van der Waals surface area (Å²) in [6.07, 6.45) is -29.7. The highest BCUT2D eigenvalue weighted by atomic mass is 19.4. The van der Waals surface area contributed by atoms with Crippen molar-refractivity contribution in [2.24, 2.45) is 0 Å². The van der Waals surface area contributed by atoms with Gasteiger partial charge in [0.25, 0.3) is 0 Å². The first-order valence-electron chi connectivity index (χ1n) is 5.92. The highest BCUT2D eigenvalue weighted by molar-refractivity contribution is 5.65. The minimum Gasteiger partial charge on any atom is -0.363 e. The highest BCUT2D eigenvalue weighted by Gasteiger charge is 2.79. The Morgan fingerprint density at radius 3 is 1.36 bits per heavy atom.